The molecule has 1 aromatic rings. The van der Waals surface area contributed by atoms with E-state index in [0.29, 0.717) is 29.5 Å². The van der Waals surface area contributed by atoms with Gasteiger partial charge in [-0.05, 0) is 39.2 Å². The third-order valence-corrected chi connectivity index (χ3v) is 3.55. The molecule has 0 amide bonds. The summed E-state index contributed by atoms with van der Waals surface area (Å²) in [5.41, 5.74) is 1.75. The van der Waals surface area contributed by atoms with Crippen LogP contribution in [-0.2, 0) is 6.42 Å². The maximum atomic E-state index is 11.2. The highest BCUT2D eigenvalue weighted by molar-refractivity contribution is 5.65. The molecular weight excluding hydrogens is 248 g/mol. The molecule has 1 rings (SSSR count). The molecule has 0 radical (unpaired) electrons. The van der Waals surface area contributed by atoms with Crippen molar-refractivity contribution in [2.24, 2.45) is 0 Å². The maximum Gasteiger partial charge on any atom is 0.282 e. The average Bonchev–Trinajstić information content (AvgIpc) is 2.32. The summed E-state index contributed by atoms with van der Waals surface area (Å²) in [4.78, 5) is 21.5. The summed E-state index contributed by atoms with van der Waals surface area (Å²) < 4.78 is 0. The van der Waals surface area contributed by atoms with Crippen molar-refractivity contribution in [1.82, 2.24) is 0 Å². The van der Waals surface area contributed by atoms with E-state index in [-0.39, 0.29) is 16.9 Å². The topological polar surface area (TPSA) is 86.3 Å². The smallest absolute Gasteiger partial charge is 0.258 e. The number of nitrogens with zero attached hydrogens (tertiary/aromatic N) is 2. The molecule has 0 bridgehead atoms. The van der Waals surface area contributed by atoms with Crippen molar-refractivity contribution in [2.75, 3.05) is 0 Å². The normalized spacial score (nSPS) is 10.5. The lowest BCUT2D eigenvalue weighted by Gasteiger charge is -2.12. The molecular formula is C13H18N2O4. The van der Waals surface area contributed by atoms with Crippen LogP contribution in [0.1, 0.15) is 42.0 Å². The number of benzene rings is 1. The van der Waals surface area contributed by atoms with Crippen LogP contribution < -0.4 is 0 Å². The molecule has 0 spiro atoms. The van der Waals surface area contributed by atoms with Gasteiger partial charge in [-0.1, -0.05) is 13.3 Å². The Balaban J connectivity index is 3.69. The SMILES string of the molecule is CCCCc1c([N+](=O)[O-])c(C)c(C)c(C)c1[N+](=O)[O-]. The molecule has 0 saturated heterocycles. The third kappa shape index (κ3) is 2.72. The highest BCUT2D eigenvalue weighted by atomic mass is 16.6. The molecule has 0 atom stereocenters. The lowest BCUT2D eigenvalue weighted by atomic mass is 9.93. The molecule has 0 aliphatic heterocycles. The van der Waals surface area contributed by atoms with Gasteiger partial charge in [0.2, 0.25) is 0 Å². The van der Waals surface area contributed by atoms with Crippen LogP contribution in [0.15, 0.2) is 0 Å². The Morgan fingerprint density at radius 3 is 1.63 bits per heavy atom. The minimum absolute atomic E-state index is 0.0942. The van der Waals surface area contributed by atoms with Crippen molar-refractivity contribution < 1.29 is 9.85 Å². The summed E-state index contributed by atoms with van der Waals surface area (Å²) in [6, 6.07) is 0. The lowest BCUT2D eigenvalue weighted by Crippen LogP contribution is -2.07. The summed E-state index contributed by atoms with van der Waals surface area (Å²) in [6.07, 6.45) is 1.90. The van der Waals surface area contributed by atoms with Gasteiger partial charge >= 0.3 is 0 Å². The number of nitro benzene ring substituents is 2. The van der Waals surface area contributed by atoms with Gasteiger partial charge in [0.15, 0.2) is 0 Å². The molecule has 104 valence electrons. The number of unbranched alkanes of at least 4 members (excludes halogenated alkanes) is 1. The first-order valence-corrected chi connectivity index (χ1v) is 6.24. The van der Waals surface area contributed by atoms with Gasteiger partial charge in [0.05, 0.1) is 9.85 Å². The Labute approximate surface area is 111 Å². The van der Waals surface area contributed by atoms with E-state index in [9.17, 15) is 20.2 Å². The van der Waals surface area contributed by atoms with Crippen molar-refractivity contribution in [1.29, 1.82) is 0 Å². The van der Waals surface area contributed by atoms with Crippen LogP contribution >= 0.6 is 0 Å². The second kappa shape index (κ2) is 5.77. The van der Waals surface area contributed by atoms with Crippen LogP contribution in [0.25, 0.3) is 0 Å². The lowest BCUT2D eigenvalue weighted by molar-refractivity contribution is -0.396. The van der Waals surface area contributed by atoms with E-state index in [1.165, 1.54) is 0 Å². The van der Waals surface area contributed by atoms with E-state index in [1.54, 1.807) is 20.8 Å². The monoisotopic (exact) mass is 266 g/mol. The summed E-state index contributed by atoms with van der Waals surface area (Å²) in [6.45, 7) is 6.94. The summed E-state index contributed by atoms with van der Waals surface area (Å²) in [5.74, 6) is 0. The van der Waals surface area contributed by atoms with Crippen molar-refractivity contribution in [3.8, 4) is 0 Å². The van der Waals surface area contributed by atoms with Gasteiger partial charge in [-0.15, -0.1) is 0 Å². The Bertz CT molecular complexity index is 497. The molecule has 0 saturated carbocycles. The van der Waals surface area contributed by atoms with Crippen LogP contribution in [0.5, 0.6) is 0 Å². The van der Waals surface area contributed by atoms with Gasteiger partial charge in [-0.25, -0.2) is 0 Å². The summed E-state index contributed by atoms with van der Waals surface area (Å²) in [5, 5.41) is 22.5. The molecule has 0 aliphatic rings. The predicted molar refractivity (Wildman–Crippen MR) is 72.6 cm³/mol. The fourth-order valence-electron chi connectivity index (χ4n) is 2.29. The molecule has 6 heteroatoms. The van der Waals surface area contributed by atoms with Gasteiger partial charge in [-0.3, -0.25) is 20.2 Å². The van der Waals surface area contributed by atoms with Gasteiger partial charge in [-0.2, -0.15) is 0 Å². The van der Waals surface area contributed by atoms with Gasteiger partial charge < -0.3 is 0 Å². The van der Waals surface area contributed by atoms with Crippen molar-refractivity contribution >= 4 is 11.4 Å². The van der Waals surface area contributed by atoms with E-state index >= 15 is 0 Å². The van der Waals surface area contributed by atoms with Gasteiger partial charge in [0.25, 0.3) is 11.4 Å². The third-order valence-electron chi connectivity index (χ3n) is 3.55. The quantitative estimate of drug-likeness (QED) is 0.599. The van der Waals surface area contributed by atoms with E-state index in [2.05, 4.69) is 0 Å². The highest BCUT2D eigenvalue weighted by Gasteiger charge is 2.31. The van der Waals surface area contributed by atoms with E-state index in [0.717, 1.165) is 6.42 Å². The Morgan fingerprint density at radius 2 is 1.32 bits per heavy atom. The first-order chi connectivity index (χ1) is 8.82. The zero-order chi connectivity index (χ0) is 14.7. The van der Waals surface area contributed by atoms with Gasteiger partial charge in [0.1, 0.15) is 5.56 Å². The molecule has 0 aliphatic carbocycles. The van der Waals surface area contributed by atoms with Crippen LogP contribution in [0, 0.1) is 41.0 Å². The molecule has 0 fully saturated rings. The van der Waals surface area contributed by atoms with Gasteiger partial charge in [0, 0.05) is 11.1 Å². The first-order valence-electron chi connectivity index (χ1n) is 6.24. The zero-order valence-electron chi connectivity index (χ0n) is 11.6. The number of rotatable bonds is 5. The van der Waals surface area contributed by atoms with Crippen LogP contribution in [0.4, 0.5) is 11.4 Å². The fourth-order valence-corrected chi connectivity index (χ4v) is 2.29. The van der Waals surface area contributed by atoms with E-state index in [4.69, 9.17) is 0 Å². The molecule has 0 aromatic heterocycles. The Morgan fingerprint density at radius 1 is 0.895 bits per heavy atom. The molecule has 0 N–H and O–H groups in total. The fraction of sp³-hybridized carbons (Fsp3) is 0.538. The van der Waals surface area contributed by atoms with Crippen molar-refractivity contribution in [3.05, 3.63) is 42.5 Å². The molecule has 0 unspecified atom stereocenters. The van der Waals surface area contributed by atoms with Crippen molar-refractivity contribution in [2.45, 2.75) is 47.0 Å². The zero-order valence-corrected chi connectivity index (χ0v) is 11.6. The second-order valence-electron chi connectivity index (χ2n) is 4.67. The molecule has 1 aromatic carbocycles. The number of nitro groups is 2. The standard InChI is InChI=1S/C13H18N2O4/c1-5-6-7-11-12(14(16)17)9(3)8(2)10(4)13(11)15(18)19/h5-7H2,1-4H3. The number of hydrogen-bond acceptors (Lipinski definition) is 4. The molecule has 19 heavy (non-hydrogen) atoms. The Hall–Kier alpha value is -1.98. The molecule has 0 heterocycles. The predicted octanol–water partition coefficient (Wildman–Crippen LogP) is 3.77. The van der Waals surface area contributed by atoms with Crippen LogP contribution in [0.3, 0.4) is 0 Å². The van der Waals surface area contributed by atoms with Crippen molar-refractivity contribution in [3.63, 3.8) is 0 Å². The summed E-state index contributed by atoms with van der Waals surface area (Å²) >= 11 is 0. The first kappa shape index (κ1) is 15.1. The molecule has 6 nitrogen and oxygen atoms in total. The Kier molecular flexibility index (Phi) is 4.58. The summed E-state index contributed by atoms with van der Waals surface area (Å²) in [7, 11) is 0. The van der Waals surface area contributed by atoms with E-state index < -0.39 is 9.85 Å². The van der Waals surface area contributed by atoms with Crippen LogP contribution in [-0.4, -0.2) is 9.85 Å². The maximum absolute atomic E-state index is 11.2. The number of hydrogen-bond donors (Lipinski definition) is 0. The minimum Gasteiger partial charge on any atom is -0.258 e. The second-order valence-corrected chi connectivity index (χ2v) is 4.67. The highest BCUT2D eigenvalue weighted by Crippen LogP contribution is 2.38. The average molecular weight is 266 g/mol. The van der Waals surface area contributed by atoms with E-state index in [1.807, 2.05) is 6.92 Å². The minimum atomic E-state index is -0.500. The largest absolute Gasteiger partial charge is 0.282 e. The van der Waals surface area contributed by atoms with Crippen LogP contribution in [0.2, 0.25) is 0 Å².